The van der Waals surface area contributed by atoms with Crippen molar-refractivity contribution >= 4 is 23.1 Å². The fourth-order valence-corrected chi connectivity index (χ4v) is 1.64. The first kappa shape index (κ1) is 15.0. The number of benzene rings is 1. The van der Waals surface area contributed by atoms with Gasteiger partial charge in [-0.05, 0) is 45.9 Å². The Morgan fingerprint density at radius 1 is 1.26 bits per heavy atom. The molecule has 0 bridgehead atoms. The van der Waals surface area contributed by atoms with E-state index in [1.165, 1.54) is 6.92 Å². The van der Waals surface area contributed by atoms with Gasteiger partial charge >= 0.3 is 0 Å². The molecule has 1 rings (SSSR count). The molecule has 5 heteroatoms. The van der Waals surface area contributed by atoms with E-state index in [1.54, 1.807) is 18.2 Å². The average molecular weight is 263 g/mol. The van der Waals surface area contributed by atoms with Gasteiger partial charge in [-0.15, -0.1) is 0 Å². The summed E-state index contributed by atoms with van der Waals surface area (Å²) in [7, 11) is 0. The first-order valence-corrected chi connectivity index (χ1v) is 6.14. The van der Waals surface area contributed by atoms with Gasteiger partial charge in [-0.3, -0.25) is 9.59 Å². The van der Waals surface area contributed by atoms with Crippen LogP contribution in [0.1, 0.15) is 38.1 Å². The molecule has 0 atom stereocenters. The second-order valence-electron chi connectivity index (χ2n) is 5.51. The number of hydrogen-bond acceptors (Lipinski definition) is 4. The Labute approximate surface area is 113 Å². The molecule has 0 spiro atoms. The van der Waals surface area contributed by atoms with Gasteiger partial charge in [0, 0.05) is 22.5 Å². The molecule has 0 aromatic heterocycles. The van der Waals surface area contributed by atoms with E-state index in [4.69, 9.17) is 5.73 Å². The Morgan fingerprint density at radius 2 is 1.89 bits per heavy atom. The van der Waals surface area contributed by atoms with Gasteiger partial charge in [-0.2, -0.15) is 0 Å². The first-order chi connectivity index (χ1) is 8.69. The number of amides is 1. The highest BCUT2D eigenvalue weighted by Gasteiger charge is 2.13. The molecule has 104 valence electrons. The summed E-state index contributed by atoms with van der Waals surface area (Å²) in [6, 6.07) is 5.04. The van der Waals surface area contributed by atoms with Gasteiger partial charge in [0.15, 0.2) is 5.78 Å². The van der Waals surface area contributed by atoms with Gasteiger partial charge in [0.05, 0.1) is 6.54 Å². The second-order valence-corrected chi connectivity index (χ2v) is 5.51. The SMILES string of the molecule is CC(=O)c1ccc(NCC(=O)NC(C)(C)C)cc1N. The van der Waals surface area contributed by atoms with E-state index in [0.29, 0.717) is 16.9 Å². The van der Waals surface area contributed by atoms with E-state index >= 15 is 0 Å². The maximum absolute atomic E-state index is 11.6. The lowest BCUT2D eigenvalue weighted by atomic mass is 10.1. The molecule has 0 saturated heterocycles. The Hall–Kier alpha value is -2.04. The quantitative estimate of drug-likeness (QED) is 0.571. The highest BCUT2D eigenvalue weighted by Crippen LogP contribution is 2.18. The van der Waals surface area contributed by atoms with E-state index < -0.39 is 0 Å². The standard InChI is InChI=1S/C14H21N3O2/c1-9(18)11-6-5-10(7-12(11)15)16-8-13(19)17-14(2,3)4/h5-7,16H,8,15H2,1-4H3,(H,17,19). The average Bonchev–Trinajstić information content (AvgIpc) is 2.23. The molecule has 0 aliphatic heterocycles. The van der Waals surface area contributed by atoms with Crippen molar-refractivity contribution < 1.29 is 9.59 Å². The molecule has 5 nitrogen and oxygen atoms in total. The number of carbonyl (C=O) groups is 2. The number of nitrogen functional groups attached to an aromatic ring is 1. The fraction of sp³-hybridized carbons (Fsp3) is 0.429. The topological polar surface area (TPSA) is 84.2 Å². The van der Waals surface area contributed by atoms with E-state index in [2.05, 4.69) is 10.6 Å². The van der Waals surface area contributed by atoms with Crippen molar-refractivity contribution in [1.29, 1.82) is 0 Å². The van der Waals surface area contributed by atoms with E-state index in [0.717, 1.165) is 0 Å². The zero-order chi connectivity index (χ0) is 14.6. The second kappa shape index (κ2) is 5.73. The van der Waals surface area contributed by atoms with Gasteiger partial charge in [0.2, 0.25) is 5.91 Å². The van der Waals surface area contributed by atoms with Crippen molar-refractivity contribution in [1.82, 2.24) is 5.32 Å². The van der Waals surface area contributed by atoms with E-state index in [1.807, 2.05) is 20.8 Å². The zero-order valence-electron chi connectivity index (χ0n) is 11.8. The molecule has 1 aromatic rings. The number of rotatable bonds is 4. The minimum absolute atomic E-state index is 0.0745. The predicted molar refractivity (Wildman–Crippen MR) is 77.2 cm³/mol. The largest absolute Gasteiger partial charge is 0.398 e. The Bertz CT molecular complexity index is 490. The molecule has 1 amide bonds. The van der Waals surface area contributed by atoms with Crippen LogP contribution in [0.2, 0.25) is 0 Å². The molecule has 0 unspecified atom stereocenters. The van der Waals surface area contributed by atoms with Crippen LogP contribution in [0.25, 0.3) is 0 Å². The number of nitrogens with two attached hydrogens (primary N) is 1. The number of carbonyl (C=O) groups excluding carboxylic acids is 2. The van der Waals surface area contributed by atoms with Crippen molar-refractivity contribution in [3.05, 3.63) is 23.8 Å². The molecule has 0 radical (unpaired) electrons. The van der Waals surface area contributed by atoms with Crippen LogP contribution in [0, 0.1) is 0 Å². The van der Waals surface area contributed by atoms with Crippen molar-refractivity contribution in [3.63, 3.8) is 0 Å². The third-order valence-corrected chi connectivity index (χ3v) is 2.40. The summed E-state index contributed by atoms with van der Waals surface area (Å²) >= 11 is 0. The number of hydrogen-bond donors (Lipinski definition) is 3. The Kier molecular flexibility index (Phi) is 4.53. The lowest BCUT2D eigenvalue weighted by Gasteiger charge is -2.20. The molecule has 0 saturated carbocycles. The summed E-state index contributed by atoms with van der Waals surface area (Å²) in [5.41, 5.74) is 7.13. The third kappa shape index (κ3) is 4.99. The minimum Gasteiger partial charge on any atom is -0.398 e. The maximum Gasteiger partial charge on any atom is 0.239 e. The molecular formula is C14H21N3O2. The summed E-state index contributed by atoms with van der Waals surface area (Å²) in [4.78, 5) is 22.9. The fourth-order valence-electron chi connectivity index (χ4n) is 1.64. The Morgan fingerprint density at radius 3 is 2.37 bits per heavy atom. The van der Waals surface area contributed by atoms with Gasteiger partial charge in [-0.25, -0.2) is 0 Å². The highest BCUT2D eigenvalue weighted by atomic mass is 16.2. The number of anilines is 2. The first-order valence-electron chi connectivity index (χ1n) is 6.14. The molecule has 4 N–H and O–H groups in total. The van der Waals surface area contributed by atoms with Crippen molar-refractivity contribution in [2.75, 3.05) is 17.6 Å². The van der Waals surface area contributed by atoms with Crippen LogP contribution in [0.5, 0.6) is 0 Å². The molecular weight excluding hydrogens is 242 g/mol. The monoisotopic (exact) mass is 263 g/mol. The van der Waals surface area contributed by atoms with E-state index in [-0.39, 0.29) is 23.8 Å². The normalized spacial score (nSPS) is 10.9. The van der Waals surface area contributed by atoms with Crippen LogP contribution >= 0.6 is 0 Å². The predicted octanol–water partition coefficient (Wildman–Crippen LogP) is 1.80. The summed E-state index contributed by atoms with van der Waals surface area (Å²) in [5.74, 6) is -0.170. The van der Waals surface area contributed by atoms with Crippen LogP contribution < -0.4 is 16.4 Å². The summed E-state index contributed by atoms with van der Waals surface area (Å²) in [6.07, 6.45) is 0. The number of ketones is 1. The molecule has 0 aliphatic rings. The van der Waals surface area contributed by atoms with E-state index in [9.17, 15) is 9.59 Å². The molecule has 1 aromatic carbocycles. The lowest BCUT2D eigenvalue weighted by molar-refractivity contribution is -0.120. The van der Waals surface area contributed by atoms with Crippen LogP contribution in [0.4, 0.5) is 11.4 Å². The molecule has 0 heterocycles. The van der Waals surface area contributed by atoms with Crippen LogP contribution in [-0.4, -0.2) is 23.8 Å². The van der Waals surface area contributed by atoms with Crippen LogP contribution in [-0.2, 0) is 4.79 Å². The lowest BCUT2D eigenvalue weighted by Crippen LogP contribution is -2.43. The van der Waals surface area contributed by atoms with Gasteiger partial charge in [0.25, 0.3) is 0 Å². The Balaban J connectivity index is 2.62. The summed E-state index contributed by atoms with van der Waals surface area (Å²) in [5, 5.41) is 5.82. The molecule has 0 aliphatic carbocycles. The number of Topliss-reactive ketones (excluding diaryl/α,β-unsaturated/α-hetero) is 1. The van der Waals surface area contributed by atoms with Crippen LogP contribution in [0.15, 0.2) is 18.2 Å². The summed E-state index contributed by atoms with van der Waals surface area (Å²) in [6.45, 7) is 7.39. The smallest absolute Gasteiger partial charge is 0.239 e. The maximum atomic E-state index is 11.6. The minimum atomic E-state index is -0.254. The van der Waals surface area contributed by atoms with Crippen LogP contribution in [0.3, 0.4) is 0 Å². The third-order valence-electron chi connectivity index (χ3n) is 2.40. The molecule has 0 fully saturated rings. The van der Waals surface area contributed by atoms with Gasteiger partial charge in [-0.1, -0.05) is 0 Å². The summed E-state index contributed by atoms with van der Waals surface area (Å²) < 4.78 is 0. The molecule has 19 heavy (non-hydrogen) atoms. The number of nitrogens with one attached hydrogen (secondary N) is 2. The van der Waals surface area contributed by atoms with Crippen molar-refractivity contribution in [3.8, 4) is 0 Å². The van der Waals surface area contributed by atoms with Gasteiger partial charge in [0.1, 0.15) is 0 Å². The van der Waals surface area contributed by atoms with Crippen molar-refractivity contribution in [2.45, 2.75) is 33.2 Å². The van der Waals surface area contributed by atoms with Gasteiger partial charge < -0.3 is 16.4 Å². The highest BCUT2D eigenvalue weighted by molar-refractivity contribution is 5.99. The zero-order valence-corrected chi connectivity index (χ0v) is 11.8. The van der Waals surface area contributed by atoms with Crippen molar-refractivity contribution in [2.24, 2.45) is 0 Å².